The van der Waals surface area contributed by atoms with E-state index in [1.807, 2.05) is 6.92 Å². The van der Waals surface area contributed by atoms with Gasteiger partial charge in [0.05, 0.1) is 12.7 Å². The highest BCUT2D eigenvalue weighted by Gasteiger charge is 2.05. The molecular formula is C10H23NO2. The first-order valence-corrected chi connectivity index (χ1v) is 5.10. The zero-order valence-electron chi connectivity index (χ0n) is 9.08. The van der Waals surface area contributed by atoms with Crippen LogP contribution >= 0.6 is 0 Å². The van der Waals surface area contributed by atoms with Gasteiger partial charge in [-0.1, -0.05) is 13.8 Å². The summed E-state index contributed by atoms with van der Waals surface area (Å²) in [5.41, 5.74) is 5.50. The zero-order chi connectivity index (χ0) is 10.1. The van der Waals surface area contributed by atoms with Gasteiger partial charge >= 0.3 is 0 Å². The van der Waals surface area contributed by atoms with Gasteiger partial charge in [0.2, 0.25) is 0 Å². The lowest BCUT2D eigenvalue weighted by Crippen LogP contribution is -2.29. The van der Waals surface area contributed by atoms with Crippen LogP contribution in [0.4, 0.5) is 0 Å². The summed E-state index contributed by atoms with van der Waals surface area (Å²) < 4.78 is 10.8. The first kappa shape index (κ1) is 12.9. The third kappa shape index (κ3) is 8.22. The molecule has 80 valence electrons. The minimum Gasteiger partial charge on any atom is -0.379 e. The van der Waals surface area contributed by atoms with Crippen LogP contribution in [0, 0.1) is 5.92 Å². The van der Waals surface area contributed by atoms with Crippen LogP contribution < -0.4 is 5.73 Å². The maximum atomic E-state index is 5.50. The molecule has 0 aromatic carbocycles. The average molecular weight is 189 g/mol. The van der Waals surface area contributed by atoms with E-state index < -0.39 is 0 Å². The lowest BCUT2D eigenvalue weighted by molar-refractivity contribution is -0.00870. The van der Waals surface area contributed by atoms with Gasteiger partial charge in [0.1, 0.15) is 0 Å². The van der Waals surface area contributed by atoms with Crippen LogP contribution in [0.3, 0.4) is 0 Å². The summed E-state index contributed by atoms with van der Waals surface area (Å²) in [5.74, 6) is 0.698. The van der Waals surface area contributed by atoms with Crippen LogP contribution in [0.5, 0.6) is 0 Å². The monoisotopic (exact) mass is 189 g/mol. The van der Waals surface area contributed by atoms with Crippen LogP contribution in [0.15, 0.2) is 0 Å². The first-order chi connectivity index (χ1) is 6.20. The normalized spacial score (nSPS) is 13.6. The molecule has 1 atom stereocenters. The fourth-order valence-corrected chi connectivity index (χ4v) is 0.954. The van der Waals surface area contributed by atoms with E-state index in [0.29, 0.717) is 25.7 Å². The zero-order valence-corrected chi connectivity index (χ0v) is 9.08. The Kier molecular flexibility index (Phi) is 8.40. The van der Waals surface area contributed by atoms with Crippen molar-refractivity contribution < 1.29 is 9.47 Å². The number of ether oxygens (including phenoxy) is 2. The summed E-state index contributed by atoms with van der Waals surface area (Å²) in [6.45, 7) is 9.01. The van der Waals surface area contributed by atoms with Gasteiger partial charge in [0.25, 0.3) is 0 Å². The molecule has 0 radical (unpaired) electrons. The fourth-order valence-electron chi connectivity index (χ4n) is 0.954. The second-order valence-electron chi connectivity index (χ2n) is 3.57. The van der Waals surface area contributed by atoms with Gasteiger partial charge in [-0.25, -0.2) is 0 Å². The van der Waals surface area contributed by atoms with Crippen molar-refractivity contribution in [3.8, 4) is 0 Å². The summed E-state index contributed by atoms with van der Waals surface area (Å²) in [7, 11) is 0. The molecule has 2 N–H and O–H groups in total. The molecule has 0 aliphatic rings. The van der Waals surface area contributed by atoms with Gasteiger partial charge in [0, 0.05) is 19.8 Å². The van der Waals surface area contributed by atoms with Crippen molar-refractivity contribution in [2.24, 2.45) is 11.7 Å². The molecule has 0 aromatic rings. The summed E-state index contributed by atoms with van der Waals surface area (Å²) in [6.07, 6.45) is 1.17. The van der Waals surface area contributed by atoms with Crippen molar-refractivity contribution in [2.45, 2.75) is 33.3 Å². The number of hydrogen-bond donors (Lipinski definition) is 1. The van der Waals surface area contributed by atoms with E-state index in [9.17, 15) is 0 Å². The summed E-state index contributed by atoms with van der Waals surface area (Å²) >= 11 is 0. The van der Waals surface area contributed by atoms with Gasteiger partial charge < -0.3 is 15.2 Å². The Bertz CT molecular complexity index is 107. The molecule has 3 heteroatoms. The smallest absolute Gasteiger partial charge is 0.0930 e. The van der Waals surface area contributed by atoms with Crippen LogP contribution in [0.2, 0.25) is 0 Å². The predicted octanol–water partition coefficient (Wildman–Crippen LogP) is 1.41. The molecular weight excluding hydrogens is 166 g/mol. The average Bonchev–Trinajstić information content (AvgIpc) is 2.10. The van der Waals surface area contributed by atoms with Crippen LogP contribution in [0.1, 0.15) is 27.2 Å². The summed E-state index contributed by atoms with van der Waals surface area (Å²) in [5, 5.41) is 0. The van der Waals surface area contributed by atoms with Crippen molar-refractivity contribution in [1.29, 1.82) is 0 Å². The molecule has 0 rings (SSSR count). The van der Waals surface area contributed by atoms with Crippen molar-refractivity contribution >= 4 is 0 Å². The Morgan fingerprint density at radius 1 is 1.31 bits per heavy atom. The van der Waals surface area contributed by atoms with Gasteiger partial charge in [-0.15, -0.1) is 0 Å². The van der Waals surface area contributed by atoms with Gasteiger partial charge in [-0.3, -0.25) is 0 Å². The van der Waals surface area contributed by atoms with Crippen molar-refractivity contribution in [1.82, 2.24) is 0 Å². The molecule has 3 nitrogen and oxygen atoms in total. The molecule has 0 spiro atoms. The lowest BCUT2D eigenvalue weighted by Gasteiger charge is -2.15. The lowest BCUT2D eigenvalue weighted by atomic mass is 10.1. The summed E-state index contributed by atoms with van der Waals surface area (Å²) in [4.78, 5) is 0. The Morgan fingerprint density at radius 2 is 2.00 bits per heavy atom. The molecule has 0 saturated heterocycles. The maximum Gasteiger partial charge on any atom is 0.0930 e. The highest BCUT2D eigenvalue weighted by molar-refractivity contribution is 4.56. The highest BCUT2D eigenvalue weighted by atomic mass is 16.5. The number of nitrogens with two attached hydrogens (primary N) is 1. The largest absolute Gasteiger partial charge is 0.379 e. The van der Waals surface area contributed by atoms with E-state index in [2.05, 4.69) is 13.8 Å². The van der Waals surface area contributed by atoms with Crippen LogP contribution in [0.25, 0.3) is 0 Å². The summed E-state index contributed by atoms with van der Waals surface area (Å²) in [6, 6.07) is 0. The molecule has 0 aliphatic heterocycles. The SMILES string of the molecule is CCOC(CN)COCCC(C)C. The van der Waals surface area contributed by atoms with Gasteiger partial charge in [-0.2, -0.15) is 0 Å². The Morgan fingerprint density at radius 3 is 2.46 bits per heavy atom. The molecule has 0 amide bonds. The molecule has 13 heavy (non-hydrogen) atoms. The Balaban J connectivity index is 3.27. The van der Waals surface area contributed by atoms with Crippen molar-refractivity contribution in [3.05, 3.63) is 0 Å². The van der Waals surface area contributed by atoms with E-state index in [1.165, 1.54) is 0 Å². The molecule has 1 unspecified atom stereocenters. The topological polar surface area (TPSA) is 44.5 Å². The van der Waals surface area contributed by atoms with E-state index >= 15 is 0 Å². The third-order valence-electron chi connectivity index (χ3n) is 1.81. The van der Waals surface area contributed by atoms with Crippen molar-refractivity contribution in [2.75, 3.05) is 26.4 Å². The maximum absolute atomic E-state index is 5.50. The predicted molar refractivity (Wildman–Crippen MR) is 54.7 cm³/mol. The van der Waals surface area contributed by atoms with E-state index in [0.717, 1.165) is 13.0 Å². The minimum absolute atomic E-state index is 0.0668. The minimum atomic E-state index is 0.0668. The fraction of sp³-hybridized carbons (Fsp3) is 1.00. The number of rotatable bonds is 8. The van der Waals surface area contributed by atoms with E-state index in [-0.39, 0.29) is 6.10 Å². The molecule has 0 aromatic heterocycles. The van der Waals surface area contributed by atoms with Gasteiger partial charge in [0.15, 0.2) is 0 Å². The third-order valence-corrected chi connectivity index (χ3v) is 1.81. The van der Waals surface area contributed by atoms with E-state index in [4.69, 9.17) is 15.2 Å². The molecule has 0 heterocycles. The van der Waals surface area contributed by atoms with Crippen molar-refractivity contribution in [3.63, 3.8) is 0 Å². The number of hydrogen-bond acceptors (Lipinski definition) is 3. The first-order valence-electron chi connectivity index (χ1n) is 5.10. The van der Waals surface area contributed by atoms with Crippen LogP contribution in [-0.4, -0.2) is 32.5 Å². The Hall–Kier alpha value is -0.120. The molecule has 0 bridgehead atoms. The Labute approximate surface area is 81.6 Å². The standard InChI is InChI=1S/C10H23NO2/c1-4-13-10(7-11)8-12-6-5-9(2)3/h9-10H,4-8,11H2,1-3H3. The second kappa shape index (κ2) is 8.48. The second-order valence-corrected chi connectivity index (χ2v) is 3.57. The molecule has 0 aliphatic carbocycles. The highest BCUT2D eigenvalue weighted by Crippen LogP contribution is 2.00. The quantitative estimate of drug-likeness (QED) is 0.587. The molecule has 0 fully saturated rings. The van der Waals surface area contributed by atoms with E-state index in [1.54, 1.807) is 0 Å². The van der Waals surface area contributed by atoms with Crippen LogP contribution in [-0.2, 0) is 9.47 Å². The van der Waals surface area contributed by atoms with Gasteiger partial charge in [-0.05, 0) is 19.3 Å². The molecule has 0 saturated carbocycles.